The van der Waals surface area contributed by atoms with Gasteiger partial charge in [-0.05, 0) is 74.8 Å². The van der Waals surface area contributed by atoms with Gasteiger partial charge in [-0.1, -0.05) is 23.8 Å². The van der Waals surface area contributed by atoms with Gasteiger partial charge in [0.1, 0.15) is 28.5 Å². The van der Waals surface area contributed by atoms with Gasteiger partial charge in [-0.15, -0.1) is 0 Å². The molecule has 3 fully saturated rings. The van der Waals surface area contributed by atoms with Gasteiger partial charge in [0.05, 0.1) is 10.8 Å². The van der Waals surface area contributed by atoms with Crippen LogP contribution in [0.15, 0.2) is 65.7 Å². The zero-order valence-corrected chi connectivity index (χ0v) is 24.3. The number of carboxylic acids is 1. The molecule has 0 amide bonds. The zero-order valence-electron chi connectivity index (χ0n) is 23.5. The van der Waals surface area contributed by atoms with Gasteiger partial charge in [0.15, 0.2) is 11.6 Å². The number of halogens is 3. The third-order valence-electron chi connectivity index (χ3n) is 9.09. The number of benzene rings is 3. The summed E-state index contributed by atoms with van der Waals surface area (Å²) in [5, 5.41) is 13.6. The first-order chi connectivity index (χ1) is 21.0. The Bertz CT molecular complexity index is 2070. The quantitative estimate of drug-likeness (QED) is 0.222. The van der Waals surface area contributed by atoms with E-state index in [1.165, 1.54) is 24.3 Å². The molecule has 0 saturated heterocycles. The molecule has 226 valence electrons. The fourth-order valence-corrected chi connectivity index (χ4v) is 8.33. The Labute approximate surface area is 250 Å². The van der Waals surface area contributed by atoms with E-state index in [1.54, 1.807) is 25.1 Å². The Kier molecular flexibility index (Phi) is 6.65. The standard InChI is InChI=1S/C32H27F3N4O4S/c1-16-5-11-20(12-6-16)44(42,43)39-15-23(22-13-19(33)14-25(35)29(22)39)31-37-28-21(3-2-4-24(28)34)30(38-31)36-27-18-9-7-17(8-10-18)26(27)32(40)41/h2-6,11-15,17-18,26-27H,7-10H2,1H3,(H,40,41)(H,36,37,38). The fraction of sp³-hybridized carbons (Fsp3) is 0.281. The lowest BCUT2D eigenvalue weighted by Crippen LogP contribution is -2.51. The summed E-state index contributed by atoms with van der Waals surface area (Å²) in [6.07, 6.45) is 4.43. The predicted octanol–water partition coefficient (Wildman–Crippen LogP) is 6.52. The van der Waals surface area contributed by atoms with Crippen molar-refractivity contribution >= 4 is 43.6 Å². The average molecular weight is 621 g/mol. The number of aliphatic carboxylic acids is 1. The number of carbonyl (C=O) groups is 1. The largest absolute Gasteiger partial charge is 0.481 e. The van der Waals surface area contributed by atoms with E-state index in [4.69, 9.17) is 0 Å². The minimum absolute atomic E-state index is 0.00443. The Hall–Kier alpha value is -4.45. The summed E-state index contributed by atoms with van der Waals surface area (Å²) >= 11 is 0. The zero-order chi connectivity index (χ0) is 30.9. The van der Waals surface area contributed by atoms with Crippen molar-refractivity contribution < 1.29 is 31.5 Å². The summed E-state index contributed by atoms with van der Waals surface area (Å²) in [6, 6.07) is 11.4. The van der Waals surface area contributed by atoms with Gasteiger partial charge in [-0.3, -0.25) is 4.79 Å². The summed E-state index contributed by atoms with van der Waals surface area (Å²) < 4.78 is 73.4. The molecular formula is C32H27F3N4O4S. The number of nitrogens with one attached hydrogen (secondary N) is 1. The highest BCUT2D eigenvalue weighted by molar-refractivity contribution is 7.90. The average Bonchev–Trinajstić information content (AvgIpc) is 3.39. The molecule has 3 aliphatic rings. The van der Waals surface area contributed by atoms with Gasteiger partial charge in [-0.25, -0.2) is 35.5 Å². The lowest BCUT2D eigenvalue weighted by Gasteiger charge is -2.47. The molecule has 3 saturated carbocycles. The molecule has 0 radical (unpaired) electrons. The van der Waals surface area contributed by atoms with Crippen LogP contribution in [0.5, 0.6) is 0 Å². The number of fused-ring (bicyclic) bond motifs is 5. The molecule has 0 aliphatic heterocycles. The van der Waals surface area contributed by atoms with Crippen LogP contribution in [0.4, 0.5) is 19.0 Å². The molecule has 8 nitrogen and oxygen atoms in total. The molecule has 12 heteroatoms. The lowest BCUT2D eigenvalue weighted by molar-refractivity contribution is -0.148. The summed E-state index contributed by atoms with van der Waals surface area (Å²) in [5.74, 6) is -4.31. The molecule has 0 spiro atoms. The van der Waals surface area contributed by atoms with Gasteiger partial charge < -0.3 is 10.4 Å². The summed E-state index contributed by atoms with van der Waals surface area (Å²) in [6.45, 7) is 1.79. The highest BCUT2D eigenvalue weighted by atomic mass is 32.2. The third kappa shape index (κ3) is 4.50. The lowest BCUT2D eigenvalue weighted by atomic mass is 9.61. The van der Waals surface area contributed by atoms with Crippen LogP contribution in [-0.2, 0) is 14.8 Å². The minimum atomic E-state index is -4.37. The van der Waals surface area contributed by atoms with E-state index in [0.29, 0.717) is 11.5 Å². The number of rotatable bonds is 6. The second-order valence-corrected chi connectivity index (χ2v) is 13.5. The van der Waals surface area contributed by atoms with Crippen LogP contribution in [0.1, 0.15) is 31.2 Å². The SMILES string of the molecule is Cc1ccc(S(=O)(=O)n2cc(-c3nc(NC4C5CCC(CC5)C4C(=O)O)c4cccc(F)c4n3)c3cc(F)cc(F)c32)cc1. The van der Waals surface area contributed by atoms with Gasteiger partial charge in [0.2, 0.25) is 0 Å². The highest BCUT2D eigenvalue weighted by Crippen LogP contribution is 2.47. The maximum Gasteiger partial charge on any atom is 0.308 e. The smallest absolute Gasteiger partial charge is 0.308 e. The number of nitrogens with zero attached hydrogens (tertiary/aromatic N) is 3. The molecule has 3 aromatic carbocycles. The number of carboxylic acid groups (broad SMARTS) is 1. The van der Waals surface area contributed by atoms with Crippen molar-refractivity contribution in [3.05, 3.63) is 83.8 Å². The third-order valence-corrected chi connectivity index (χ3v) is 10.8. The maximum absolute atomic E-state index is 15.4. The van der Waals surface area contributed by atoms with Crippen molar-refractivity contribution in [2.75, 3.05) is 5.32 Å². The number of para-hydroxylation sites is 1. The summed E-state index contributed by atoms with van der Waals surface area (Å²) in [4.78, 5) is 21.2. The second-order valence-electron chi connectivity index (χ2n) is 11.7. The molecular weight excluding hydrogens is 593 g/mol. The van der Waals surface area contributed by atoms with E-state index in [-0.39, 0.29) is 44.8 Å². The molecule has 2 aromatic heterocycles. The Balaban J connectivity index is 1.44. The fourth-order valence-electron chi connectivity index (χ4n) is 6.96. The predicted molar refractivity (Wildman–Crippen MR) is 158 cm³/mol. The monoisotopic (exact) mass is 620 g/mol. The van der Waals surface area contributed by atoms with Crippen LogP contribution in [0.25, 0.3) is 33.2 Å². The van der Waals surface area contributed by atoms with Crippen LogP contribution in [0, 0.1) is 42.1 Å². The van der Waals surface area contributed by atoms with Crippen molar-refractivity contribution in [3.63, 3.8) is 0 Å². The molecule has 8 rings (SSSR count). The molecule has 5 aromatic rings. The number of hydrogen-bond acceptors (Lipinski definition) is 6. The van der Waals surface area contributed by atoms with E-state index < -0.39 is 50.9 Å². The maximum atomic E-state index is 15.4. The van der Waals surface area contributed by atoms with Gasteiger partial charge in [0.25, 0.3) is 10.0 Å². The van der Waals surface area contributed by atoms with Crippen molar-refractivity contribution in [1.29, 1.82) is 0 Å². The van der Waals surface area contributed by atoms with Crippen LogP contribution >= 0.6 is 0 Å². The van der Waals surface area contributed by atoms with Gasteiger partial charge >= 0.3 is 5.97 Å². The van der Waals surface area contributed by atoms with E-state index in [0.717, 1.165) is 47.5 Å². The van der Waals surface area contributed by atoms with Gasteiger partial charge in [-0.2, -0.15) is 0 Å². The van der Waals surface area contributed by atoms with Crippen molar-refractivity contribution in [1.82, 2.24) is 13.9 Å². The Morgan fingerprint density at radius 2 is 1.64 bits per heavy atom. The first-order valence-electron chi connectivity index (χ1n) is 14.3. The normalized spacial score (nSPS) is 21.6. The number of anilines is 1. The molecule has 2 heterocycles. The van der Waals surface area contributed by atoms with Crippen LogP contribution in [0.2, 0.25) is 0 Å². The molecule has 2 N–H and O–H groups in total. The van der Waals surface area contributed by atoms with Crippen LogP contribution < -0.4 is 5.32 Å². The van der Waals surface area contributed by atoms with Gasteiger partial charge in [0, 0.05) is 34.6 Å². The number of hydrogen-bond donors (Lipinski definition) is 2. The second kappa shape index (κ2) is 10.3. The van der Waals surface area contributed by atoms with E-state index in [9.17, 15) is 22.7 Å². The number of aromatic nitrogens is 3. The molecule has 2 bridgehead atoms. The van der Waals surface area contributed by atoms with Crippen molar-refractivity contribution in [2.24, 2.45) is 17.8 Å². The Morgan fingerprint density at radius 3 is 2.34 bits per heavy atom. The minimum Gasteiger partial charge on any atom is -0.481 e. The first kappa shape index (κ1) is 28.3. The Morgan fingerprint density at radius 1 is 0.932 bits per heavy atom. The summed E-state index contributed by atoms with van der Waals surface area (Å²) in [5.41, 5.74) is 0.261. The van der Waals surface area contributed by atoms with Crippen molar-refractivity contribution in [3.8, 4) is 11.4 Å². The highest BCUT2D eigenvalue weighted by Gasteiger charge is 2.47. The van der Waals surface area contributed by atoms with Crippen LogP contribution in [-0.4, -0.2) is 39.5 Å². The van der Waals surface area contributed by atoms with E-state index >= 15 is 8.78 Å². The van der Waals surface area contributed by atoms with Crippen molar-refractivity contribution in [2.45, 2.75) is 43.5 Å². The molecule has 3 aliphatic carbocycles. The molecule has 44 heavy (non-hydrogen) atoms. The van der Waals surface area contributed by atoms with E-state index in [2.05, 4.69) is 15.3 Å². The molecule has 2 atom stereocenters. The number of aryl methyl sites for hydroxylation is 1. The summed E-state index contributed by atoms with van der Waals surface area (Å²) in [7, 11) is -4.37. The van der Waals surface area contributed by atoms with E-state index in [1.807, 2.05) is 0 Å². The van der Waals surface area contributed by atoms with Crippen LogP contribution in [0.3, 0.4) is 0 Å². The first-order valence-corrected chi connectivity index (χ1v) is 15.8. The topological polar surface area (TPSA) is 114 Å². The molecule has 2 unspecified atom stereocenters.